The fourth-order valence-electron chi connectivity index (χ4n) is 1.45. The maximum atomic E-state index is 13.3. The van der Waals surface area contributed by atoms with E-state index in [0.717, 1.165) is 0 Å². The summed E-state index contributed by atoms with van der Waals surface area (Å²) in [7, 11) is 0. The fourth-order valence-corrected chi connectivity index (χ4v) is 2.06. The van der Waals surface area contributed by atoms with E-state index in [2.05, 4.69) is 0 Å². The van der Waals surface area contributed by atoms with Crippen molar-refractivity contribution >= 4 is 22.6 Å². The lowest BCUT2D eigenvalue weighted by molar-refractivity contribution is -0.352. The molecule has 21 heavy (non-hydrogen) atoms. The summed E-state index contributed by atoms with van der Waals surface area (Å²) in [6.45, 7) is -0.898. The molecule has 0 saturated carbocycles. The molecule has 0 radical (unpaired) electrons. The highest BCUT2D eigenvalue weighted by Crippen LogP contribution is 2.52. The molecule has 0 aliphatic rings. The molecule has 0 heterocycles. The third-order valence-corrected chi connectivity index (χ3v) is 3.53. The molecule has 0 aliphatic heterocycles. The van der Waals surface area contributed by atoms with E-state index in [0.29, 0.717) is 0 Å². The van der Waals surface area contributed by atoms with Crippen LogP contribution in [0.15, 0.2) is 0 Å². The maximum absolute atomic E-state index is 13.3. The van der Waals surface area contributed by atoms with Crippen LogP contribution in [-0.4, -0.2) is 39.8 Å². The number of alkyl halides is 11. The van der Waals surface area contributed by atoms with Crippen LogP contribution in [0.5, 0.6) is 0 Å². The first-order chi connectivity index (χ1) is 9.06. The molecule has 0 aromatic heterocycles. The van der Waals surface area contributed by atoms with Gasteiger partial charge in [-0.2, -0.15) is 39.5 Å². The van der Waals surface area contributed by atoms with Gasteiger partial charge in [-0.3, -0.25) is 0 Å². The number of hydrogen-bond acceptors (Lipinski definition) is 1. The van der Waals surface area contributed by atoms with Gasteiger partial charge in [0.1, 0.15) is 0 Å². The zero-order valence-corrected chi connectivity index (χ0v) is 12.0. The standard InChI is InChI=1S/C9H9F10IO/c10-6(8(14,15)16,9(17,18)19)2-4(7(11,12)13)1-5(20)3-21/h4-5,21H,1-3H2. The third kappa shape index (κ3) is 5.28. The van der Waals surface area contributed by atoms with Gasteiger partial charge in [0.25, 0.3) is 5.67 Å². The van der Waals surface area contributed by atoms with Gasteiger partial charge >= 0.3 is 18.5 Å². The van der Waals surface area contributed by atoms with Crippen molar-refractivity contribution in [1.29, 1.82) is 0 Å². The summed E-state index contributed by atoms with van der Waals surface area (Å²) in [5.74, 6) is -3.19. The summed E-state index contributed by atoms with van der Waals surface area (Å²) >= 11 is 1.22. The predicted molar refractivity (Wildman–Crippen MR) is 59.6 cm³/mol. The lowest BCUT2D eigenvalue weighted by Crippen LogP contribution is -2.55. The molecule has 2 atom stereocenters. The van der Waals surface area contributed by atoms with Crippen LogP contribution in [0.3, 0.4) is 0 Å². The Bertz CT molecular complexity index is 319. The lowest BCUT2D eigenvalue weighted by Gasteiger charge is -2.34. The van der Waals surface area contributed by atoms with E-state index in [-0.39, 0.29) is 0 Å². The Morgan fingerprint density at radius 3 is 1.43 bits per heavy atom. The molecule has 0 saturated heterocycles. The Morgan fingerprint density at radius 1 is 0.810 bits per heavy atom. The summed E-state index contributed by atoms with van der Waals surface area (Å²) in [5, 5.41) is 8.55. The summed E-state index contributed by atoms with van der Waals surface area (Å²) in [5.41, 5.74) is -5.97. The quantitative estimate of drug-likeness (QED) is 0.370. The second kappa shape index (κ2) is 6.62. The number of hydrogen-bond donors (Lipinski definition) is 1. The molecular formula is C9H9F10IO. The largest absolute Gasteiger partial charge is 0.431 e. The Labute approximate surface area is 125 Å². The van der Waals surface area contributed by atoms with E-state index in [9.17, 15) is 43.9 Å². The topological polar surface area (TPSA) is 20.2 Å². The highest BCUT2D eigenvalue weighted by molar-refractivity contribution is 14.1. The second-order valence-corrected chi connectivity index (χ2v) is 6.02. The van der Waals surface area contributed by atoms with E-state index < -0.39 is 53.5 Å². The Kier molecular flexibility index (Phi) is 6.62. The van der Waals surface area contributed by atoms with Crippen molar-refractivity contribution in [2.24, 2.45) is 5.92 Å². The Hall–Kier alpha value is -0.0100. The molecule has 0 rings (SSSR count). The molecule has 0 amide bonds. The maximum Gasteiger partial charge on any atom is 0.431 e. The number of rotatable bonds is 5. The first kappa shape index (κ1) is 21.0. The van der Waals surface area contributed by atoms with Gasteiger partial charge in [-0.25, -0.2) is 4.39 Å². The predicted octanol–water partition coefficient (Wildman–Crippen LogP) is 4.57. The van der Waals surface area contributed by atoms with E-state index in [1.54, 1.807) is 0 Å². The molecule has 0 bridgehead atoms. The number of aliphatic hydroxyl groups excluding tert-OH is 1. The van der Waals surface area contributed by atoms with Crippen molar-refractivity contribution in [2.45, 2.75) is 41.0 Å². The van der Waals surface area contributed by atoms with Crippen LogP contribution in [0.2, 0.25) is 0 Å². The smallest absolute Gasteiger partial charge is 0.395 e. The molecule has 128 valence electrons. The van der Waals surface area contributed by atoms with Crippen molar-refractivity contribution in [3.63, 3.8) is 0 Å². The summed E-state index contributed by atoms with van der Waals surface area (Å²) < 4.78 is 123. The van der Waals surface area contributed by atoms with E-state index >= 15 is 0 Å². The van der Waals surface area contributed by atoms with Gasteiger partial charge in [0.05, 0.1) is 12.5 Å². The van der Waals surface area contributed by atoms with Crippen LogP contribution in [0, 0.1) is 5.92 Å². The van der Waals surface area contributed by atoms with E-state index in [4.69, 9.17) is 5.11 Å². The van der Waals surface area contributed by atoms with E-state index in [1.165, 1.54) is 22.6 Å². The van der Waals surface area contributed by atoms with Crippen LogP contribution in [0.1, 0.15) is 12.8 Å². The van der Waals surface area contributed by atoms with Crippen molar-refractivity contribution < 1.29 is 49.0 Å². The zero-order valence-electron chi connectivity index (χ0n) is 9.88. The first-order valence-corrected chi connectivity index (χ1v) is 6.45. The average molecular weight is 450 g/mol. The summed E-state index contributed by atoms with van der Waals surface area (Å²) in [4.78, 5) is 0. The van der Waals surface area contributed by atoms with Crippen molar-refractivity contribution in [3.8, 4) is 0 Å². The highest BCUT2D eigenvalue weighted by Gasteiger charge is 2.73. The van der Waals surface area contributed by atoms with Gasteiger partial charge in [-0.05, 0) is 6.42 Å². The normalized spacial score (nSPS) is 17.7. The van der Waals surface area contributed by atoms with Gasteiger partial charge in [0.2, 0.25) is 0 Å². The zero-order chi connectivity index (χ0) is 17.3. The lowest BCUT2D eigenvalue weighted by atomic mass is 9.87. The molecule has 0 aromatic carbocycles. The molecule has 1 N–H and O–H groups in total. The van der Waals surface area contributed by atoms with E-state index in [1.807, 2.05) is 0 Å². The fraction of sp³-hybridized carbons (Fsp3) is 1.00. The van der Waals surface area contributed by atoms with Crippen molar-refractivity contribution in [1.82, 2.24) is 0 Å². The Morgan fingerprint density at radius 2 is 1.19 bits per heavy atom. The molecule has 0 aliphatic carbocycles. The molecule has 0 fully saturated rings. The van der Waals surface area contributed by atoms with Crippen LogP contribution in [-0.2, 0) is 0 Å². The molecule has 0 aromatic rings. The van der Waals surface area contributed by atoms with Crippen molar-refractivity contribution in [3.05, 3.63) is 0 Å². The molecule has 2 unspecified atom stereocenters. The van der Waals surface area contributed by atoms with Gasteiger partial charge in [-0.15, -0.1) is 0 Å². The third-order valence-electron chi connectivity index (χ3n) is 2.63. The van der Waals surface area contributed by atoms with Gasteiger partial charge < -0.3 is 5.11 Å². The van der Waals surface area contributed by atoms with Crippen molar-refractivity contribution in [2.75, 3.05) is 6.61 Å². The molecular weight excluding hydrogens is 441 g/mol. The van der Waals surface area contributed by atoms with Crippen LogP contribution in [0.4, 0.5) is 43.9 Å². The van der Waals surface area contributed by atoms with Gasteiger partial charge in [0.15, 0.2) is 0 Å². The molecule has 1 nitrogen and oxygen atoms in total. The summed E-state index contributed by atoms with van der Waals surface area (Å²) in [6.07, 6.45) is -22.6. The first-order valence-electron chi connectivity index (χ1n) is 5.20. The number of halogens is 11. The summed E-state index contributed by atoms with van der Waals surface area (Å²) in [6, 6.07) is 0. The monoisotopic (exact) mass is 450 g/mol. The highest BCUT2D eigenvalue weighted by atomic mass is 127. The molecule has 12 heteroatoms. The SMILES string of the molecule is OCC(I)CC(CC(F)(C(F)(F)F)C(F)(F)F)C(F)(F)F. The molecule has 0 spiro atoms. The van der Waals surface area contributed by atoms with Crippen LogP contribution >= 0.6 is 22.6 Å². The second-order valence-electron chi connectivity index (χ2n) is 4.25. The minimum atomic E-state index is -6.53. The average Bonchev–Trinajstić information content (AvgIpc) is 2.23. The minimum absolute atomic E-state index is 0.898. The Balaban J connectivity index is 5.54. The van der Waals surface area contributed by atoms with Gasteiger partial charge in [-0.1, -0.05) is 22.6 Å². The minimum Gasteiger partial charge on any atom is -0.395 e. The van der Waals surface area contributed by atoms with Crippen LogP contribution in [0.25, 0.3) is 0 Å². The van der Waals surface area contributed by atoms with Crippen LogP contribution < -0.4 is 0 Å². The number of aliphatic hydroxyl groups is 1. The van der Waals surface area contributed by atoms with Gasteiger partial charge in [0, 0.05) is 10.3 Å².